The Bertz CT molecular complexity index is 276. The Labute approximate surface area is 94.4 Å². The molecule has 1 aliphatic heterocycles. The van der Waals surface area contributed by atoms with Crippen LogP contribution in [-0.4, -0.2) is 66.3 Å². The summed E-state index contributed by atoms with van der Waals surface area (Å²) in [4.78, 5) is 15.1. The Morgan fingerprint density at radius 3 is 2.62 bits per heavy atom. The zero-order valence-electron chi connectivity index (χ0n) is 9.59. The third kappa shape index (κ3) is 2.75. The molecule has 1 atom stereocenters. The number of urea groups is 1. The van der Waals surface area contributed by atoms with Crippen LogP contribution in [0.1, 0.15) is 6.92 Å². The minimum Gasteiger partial charge on any atom is -0.409 e. The van der Waals surface area contributed by atoms with Crippen molar-refractivity contribution >= 4 is 11.9 Å². The van der Waals surface area contributed by atoms with E-state index in [0.29, 0.717) is 26.3 Å². The molecular weight excluding hydrogens is 212 g/mol. The largest absolute Gasteiger partial charge is 0.409 e. The van der Waals surface area contributed by atoms with Gasteiger partial charge in [0.1, 0.15) is 0 Å². The second-order valence-corrected chi connectivity index (χ2v) is 3.69. The summed E-state index contributed by atoms with van der Waals surface area (Å²) in [5, 5.41) is 11.4. The topological polar surface area (TPSA) is 91.4 Å². The van der Waals surface area contributed by atoms with Gasteiger partial charge in [-0.3, -0.25) is 0 Å². The Hall–Kier alpha value is -1.50. The molecule has 0 spiro atoms. The number of nitrogens with two attached hydrogens (primary N) is 1. The van der Waals surface area contributed by atoms with E-state index >= 15 is 0 Å². The van der Waals surface area contributed by atoms with Gasteiger partial charge in [-0.15, -0.1) is 0 Å². The number of ether oxygens (including phenoxy) is 1. The van der Waals surface area contributed by atoms with Crippen molar-refractivity contribution < 1.29 is 14.7 Å². The minimum absolute atomic E-state index is 0.0177. The second-order valence-electron chi connectivity index (χ2n) is 3.69. The van der Waals surface area contributed by atoms with Crippen LogP contribution >= 0.6 is 0 Å². The number of likely N-dealkylation sites (N-methyl/N-ethyl adjacent to an activating group) is 1. The number of carbonyl (C=O) groups is 1. The third-order valence-corrected chi connectivity index (χ3v) is 2.71. The standard InChI is InChI=1S/C9H18N4O3/c1-7(8(10)11-15)12(2)9(14)13-3-5-16-6-4-13/h7,15H,3-6H2,1-2H3,(H2,10,11). The van der Waals surface area contributed by atoms with Gasteiger partial charge in [-0.25, -0.2) is 4.79 Å². The molecule has 1 fully saturated rings. The summed E-state index contributed by atoms with van der Waals surface area (Å²) in [6, 6.07) is -0.567. The zero-order valence-corrected chi connectivity index (χ0v) is 9.59. The number of nitrogens with zero attached hydrogens (tertiary/aromatic N) is 3. The Morgan fingerprint density at radius 2 is 2.12 bits per heavy atom. The van der Waals surface area contributed by atoms with Crippen molar-refractivity contribution in [2.75, 3.05) is 33.4 Å². The van der Waals surface area contributed by atoms with Crippen molar-refractivity contribution in [3.63, 3.8) is 0 Å². The van der Waals surface area contributed by atoms with Crippen LogP contribution in [0.4, 0.5) is 4.79 Å². The van der Waals surface area contributed by atoms with E-state index in [1.54, 1.807) is 18.9 Å². The molecule has 7 heteroatoms. The summed E-state index contributed by atoms with van der Waals surface area (Å²) in [6.07, 6.45) is 0. The highest BCUT2D eigenvalue weighted by Crippen LogP contribution is 2.05. The number of hydrogen-bond acceptors (Lipinski definition) is 4. The molecule has 1 rings (SSSR count). The molecule has 1 aliphatic rings. The van der Waals surface area contributed by atoms with E-state index in [2.05, 4.69) is 5.16 Å². The lowest BCUT2D eigenvalue weighted by atomic mass is 10.3. The van der Waals surface area contributed by atoms with Gasteiger partial charge in [-0.05, 0) is 6.92 Å². The predicted octanol–water partition coefficient (Wildman–Crippen LogP) is -0.495. The summed E-state index contributed by atoms with van der Waals surface area (Å²) in [5.74, 6) is 0.0177. The van der Waals surface area contributed by atoms with E-state index in [4.69, 9.17) is 15.7 Å². The maximum absolute atomic E-state index is 12.0. The molecule has 0 aromatic rings. The van der Waals surface area contributed by atoms with Crippen LogP contribution in [-0.2, 0) is 4.74 Å². The molecule has 1 saturated heterocycles. The first kappa shape index (κ1) is 12.6. The molecule has 0 bridgehead atoms. The first-order valence-electron chi connectivity index (χ1n) is 5.14. The van der Waals surface area contributed by atoms with Crippen molar-refractivity contribution in [2.24, 2.45) is 10.9 Å². The molecule has 0 saturated carbocycles. The van der Waals surface area contributed by atoms with Crippen LogP contribution in [0.5, 0.6) is 0 Å². The van der Waals surface area contributed by atoms with E-state index < -0.39 is 6.04 Å². The third-order valence-electron chi connectivity index (χ3n) is 2.71. The molecular formula is C9H18N4O3. The number of rotatable bonds is 2. The average Bonchev–Trinajstić information content (AvgIpc) is 2.36. The van der Waals surface area contributed by atoms with Gasteiger partial charge in [0.15, 0.2) is 5.84 Å². The predicted molar refractivity (Wildman–Crippen MR) is 58.4 cm³/mol. The van der Waals surface area contributed by atoms with Crippen LogP contribution in [0.15, 0.2) is 5.16 Å². The zero-order chi connectivity index (χ0) is 12.1. The van der Waals surface area contributed by atoms with Crippen molar-refractivity contribution in [1.29, 1.82) is 0 Å². The summed E-state index contributed by atoms with van der Waals surface area (Å²) in [7, 11) is 1.63. The molecule has 0 radical (unpaired) electrons. The van der Waals surface area contributed by atoms with Gasteiger partial charge in [0.25, 0.3) is 0 Å². The van der Waals surface area contributed by atoms with E-state index in [1.165, 1.54) is 4.90 Å². The Morgan fingerprint density at radius 1 is 1.56 bits per heavy atom. The number of oxime groups is 1. The number of amides is 2. The van der Waals surface area contributed by atoms with Gasteiger partial charge in [-0.1, -0.05) is 5.16 Å². The fourth-order valence-corrected chi connectivity index (χ4v) is 1.43. The molecule has 0 aromatic heterocycles. The highest BCUT2D eigenvalue weighted by molar-refractivity contribution is 5.89. The Balaban J connectivity index is 2.58. The smallest absolute Gasteiger partial charge is 0.320 e. The van der Waals surface area contributed by atoms with Gasteiger partial charge in [-0.2, -0.15) is 0 Å². The molecule has 92 valence electrons. The van der Waals surface area contributed by atoms with Crippen LogP contribution in [0.2, 0.25) is 0 Å². The fourth-order valence-electron chi connectivity index (χ4n) is 1.43. The number of amidine groups is 1. The maximum Gasteiger partial charge on any atom is 0.320 e. The van der Waals surface area contributed by atoms with Crippen molar-refractivity contribution in [3.05, 3.63) is 0 Å². The van der Waals surface area contributed by atoms with Gasteiger partial charge >= 0.3 is 6.03 Å². The minimum atomic E-state index is -0.430. The van der Waals surface area contributed by atoms with Crippen LogP contribution in [0, 0.1) is 0 Å². The number of hydrogen-bond donors (Lipinski definition) is 2. The highest BCUT2D eigenvalue weighted by atomic mass is 16.5. The van der Waals surface area contributed by atoms with Crippen molar-refractivity contribution in [3.8, 4) is 0 Å². The van der Waals surface area contributed by atoms with Crippen LogP contribution < -0.4 is 5.73 Å². The normalized spacial score (nSPS) is 19.4. The Kier molecular flexibility index (Phi) is 4.36. The first-order chi connectivity index (χ1) is 7.57. The monoisotopic (exact) mass is 230 g/mol. The lowest BCUT2D eigenvalue weighted by Gasteiger charge is -2.33. The van der Waals surface area contributed by atoms with E-state index in [9.17, 15) is 4.79 Å². The summed E-state index contributed by atoms with van der Waals surface area (Å²) in [5.41, 5.74) is 5.45. The van der Waals surface area contributed by atoms with Gasteiger partial charge in [0, 0.05) is 20.1 Å². The van der Waals surface area contributed by atoms with Gasteiger partial charge in [0.05, 0.1) is 19.3 Å². The molecule has 7 nitrogen and oxygen atoms in total. The molecule has 1 heterocycles. The maximum atomic E-state index is 12.0. The van der Waals surface area contributed by atoms with E-state index in [1.807, 2.05) is 0 Å². The quantitative estimate of drug-likeness (QED) is 0.290. The summed E-state index contributed by atoms with van der Waals surface area (Å²) < 4.78 is 5.16. The van der Waals surface area contributed by atoms with Crippen LogP contribution in [0.25, 0.3) is 0 Å². The number of morpholine rings is 1. The van der Waals surface area contributed by atoms with E-state index in [0.717, 1.165) is 0 Å². The van der Waals surface area contributed by atoms with Crippen LogP contribution in [0.3, 0.4) is 0 Å². The van der Waals surface area contributed by atoms with E-state index in [-0.39, 0.29) is 11.9 Å². The molecule has 0 aromatic carbocycles. The van der Waals surface area contributed by atoms with Crippen molar-refractivity contribution in [1.82, 2.24) is 9.80 Å². The second kappa shape index (κ2) is 5.55. The van der Waals surface area contributed by atoms with Crippen molar-refractivity contribution in [2.45, 2.75) is 13.0 Å². The average molecular weight is 230 g/mol. The first-order valence-corrected chi connectivity index (χ1v) is 5.14. The molecule has 1 unspecified atom stereocenters. The summed E-state index contributed by atoms with van der Waals surface area (Å²) in [6.45, 7) is 3.96. The van der Waals surface area contributed by atoms with Gasteiger partial charge < -0.3 is 25.5 Å². The highest BCUT2D eigenvalue weighted by Gasteiger charge is 2.25. The molecule has 2 amide bonds. The molecule has 0 aliphatic carbocycles. The lowest BCUT2D eigenvalue weighted by Crippen LogP contribution is -2.52. The lowest BCUT2D eigenvalue weighted by molar-refractivity contribution is 0.0443. The molecule has 16 heavy (non-hydrogen) atoms. The molecule has 3 N–H and O–H groups in total. The fraction of sp³-hybridized carbons (Fsp3) is 0.778. The van der Waals surface area contributed by atoms with Gasteiger partial charge in [0.2, 0.25) is 0 Å². The SMILES string of the molecule is CC(C(N)=NO)N(C)C(=O)N1CCOCC1. The number of carbonyl (C=O) groups excluding carboxylic acids is 1. The summed E-state index contributed by atoms with van der Waals surface area (Å²) >= 11 is 0.